The lowest BCUT2D eigenvalue weighted by molar-refractivity contribution is -0.129. The first-order valence-corrected chi connectivity index (χ1v) is 10.8. The van der Waals surface area contributed by atoms with E-state index in [0.29, 0.717) is 42.2 Å². The molecule has 9 nitrogen and oxygen atoms in total. The maximum Gasteiger partial charge on any atom is 0.412 e. The maximum atomic E-state index is 12.1. The number of amides is 3. The van der Waals surface area contributed by atoms with Crippen LogP contribution in [-0.4, -0.2) is 33.7 Å². The Kier molecular flexibility index (Phi) is 8.95. The fraction of sp³-hybridized carbons (Fsp3) is 0.429. The summed E-state index contributed by atoms with van der Waals surface area (Å²) in [6, 6.07) is 7.21. The molecular weight excluding hydrogens is 420 g/mol. The number of carbonyl (C=O) groups is 3. The quantitative estimate of drug-likeness (QED) is 0.253. The molecule has 1 aromatic heterocycles. The van der Waals surface area contributed by atoms with Crippen molar-refractivity contribution in [1.82, 2.24) is 10.5 Å². The Hall–Kier alpha value is -2.98. The van der Waals surface area contributed by atoms with Crippen molar-refractivity contribution in [3.05, 3.63) is 29.6 Å². The lowest BCUT2D eigenvalue weighted by Gasteiger charge is -2.19. The van der Waals surface area contributed by atoms with E-state index in [1.807, 2.05) is 11.4 Å². The zero-order valence-electron chi connectivity index (χ0n) is 17.9. The van der Waals surface area contributed by atoms with E-state index in [4.69, 9.17) is 9.94 Å². The Bertz CT molecular complexity index is 907. The van der Waals surface area contributed by atoms with Gasteiger partial charge in [0.05, 0.1) is 5.69 Å². The second-order valence-electron chi connectivity index (χ2n) is 7.89. The molecule has 3 amide bonds. The number of hydrogen-bond donors (Lipinski definition) is 4. The van der Waals surface area contributed by atoms with Crippen LogP contribution in [0.3, 0.4) is 0 Å². The largest absolute Gasteiger partial charge is 0.444 e. The summed E-state index contributed by atoms with van der Waals surface area (Å²) in [6.07, 6.45) is 1.98. The van der Waals surface area contributed by atoms with Gasteiger partial charge in [-0.2, -0.15) is 0 Å². The number of hydrogen-bond acceptors (Lipinski definition) is 7. The van der Waals surface area contributed by atoms with Gasteiger partial charge in [-0.15, -0.1) is 11.3 Å². The number of thiazole rings is 1. The first-order valence-electron chi connectivity index (χ1n) is 9.95. The molecule has 0 saturated carbocycles. The lowest BCUT2D eigenvalue weighted by Crippen LogP contribution is -2.27. The molecule has 31 heavy (non-hydrogen) atoms. The van der Waals surface area contributed by atoms with Crippen molar-refractivity contribution in [1.29, 1.82) is 0 Å². The predicted molar refractivity (Wildman–Crippen MR) is 119 cm³/mol. The molecule has 1 heterocycles. The third kappa shape index (κ3) is 9.14. The number of benzene rings is 1. The normalized spacial score (nSPS) is 11.0. The maximum absolute atomic E-state index is 12.1. The number of unbranched alkanes of at least 4 members (excludes halogenated alkanes) is 2. The number of hydroxylamine groups is 1. The third-order valence-electron chi connectivity index (χ3n) is 3.99. The van der Waals surface area contributed by atoms with Gasteiger partial charge in [0.1, 0.15) is 5.60 Å². The molecule has 0 bridgehead atoms. The van der Waals surface area contributed by atoms with Gasteiger partial charge in [0.2, 0.25) is 11.8 Å². The van der Waals surface area contributed by atoms with Crippen LogP contribution in [0.1, 0.15) is 52.9 Å². The molecule has 0 saturated heterocycles. The average Bonchev–Trinajstić information content (AvgIpc) is 3.14. The molecule has 4 N–H and O–H groups in total. The molecule has 0 aliphatic carbocycles. The summed E-state index contributed by atoms with van der Waals surface area (Å²) in [4.78, 5) is 39.4. The molecular formula is C21H28N4O5S. The van der Waals surface area contributed by atoms with Crippen molar-refractivity contribution in [2.24, 2.45) is 0 Å². The molecule has 2 rings (SSSR count). The molecule has 0 aliphatic rings. The van der Waals surface area contributed by atoms with Crippen molar-refractivity contribution in [2.75, 3.05) is 10.6 Å². The highest BCUT2D eigenvalue weighted by Gasteiger charge is 2.16. The van der Waals surface area contributed by atoms with Gasteiger partial charge in [0.15, 0.2) is 5.13 Å². The first kappa shape index (κ1) is 24.3. The summed E-state index contributed by atoms with van der Waals surface area (Å²) in [5.41, 5.74) is 3.06. The van der Waals surface area contributed by atoms with Crippen LogP contribution in [0.5, 0.6) is 0 Å². The number of anilines is 2. The van der Waals surface area contributed by atoms with E-state index in [1.165, 1.54) is 11.3 Å². The van der Waals surface area contributed by atoms with Crippen molar-refractivity contribution < 1.29 is 24.3 Å². The van der Waals surface area contributed by atoms with E-state index < -0.39 is 17.6 Å². The number of ether oxygens (including phenoxy) is 1. The molecule has 0 spiro atoms. The number of nitrogens with zero attached hydrogens (tertiary/aromatic N) is 1. The minimum Gasteiger partial charge on any atom is -0.444 e. The van der Waals surface area contributed by atoms with Crippen LogP contribution in [0.25, 0.3) is 11.3 Å². The fourth-order valence-electron chi connectivity index (χ4n) is 2.63. The Labute approximate surface area is 185 Å². The van der Waals surface area contributed by atoms with Gasteiger partial charge in [-0.3, -0.25) is 20.1 Å². The van der Waals surface area contributed by atoms with Crippen molar-refractivity contribution >= 4 is 40.1 Å². The highest BCUT2D eigenvalue weighted by Crippen LogP contribution is 2.27. The highest BCUT2D eigenvalue weighted by atomic mass is 32.1. The molecule has 0 radical (unpaired) electrons. The van der Waals surface area contributed by atoms with Crippen molar-refractivity contribution in [3.63, 3.8) is 0 Å². The van der Waals surface area contributed by atoms with Crippen LogP contribution in [0.15, 0.2) is 29.6 Å². The summed E-state index contributed by atoms with van der Waals surface area (Å²) in [5, 5.41) is 16.2. The number of aromatic nitrogens is 1. The number of rotatable bonds is 9. The Morgan fingerprint density at radius 1 is 1.06 bits per heavy atom. The van der Waals surface area contributed by atoms with Gasteiger partial charge in [0, 0.05) is 29.5 Å². The van der Waals surface area contributed by atoms with Crippen molar-refractivity contribution in [3.8, 4) is 11.3 Å². The molecule has 0 fully saturated rings. The molecule has 0 unspecified atom stereocenters. The number of nitrogens with one attached hydrogen (secondary N) is 3. The zero-order valence-corrected chi connectivity index (χ0v) is 18.7. The Balaban J connectivity index is 1.86. The van der Waals surface area contributed by atoms with E-state index in [2.05, 4.69) is 15.6 Å². The van der Waals surface area contributed by atoms with Gasteiger partial charge in [0.25, 0.3) is 0 Å². The lowest BCUT2D eigenvalue weighted by atomic mass is 10.1. The van der Waals surface area contributed by atoms with Gasteiger partial charge in [-0.05, 0) is 45.7 Å². The minimum atomic E-state index is -0.586. The van der Waals surface area contributed by atoms with Crippen LogP contribution in [0, 0.1) is 0 Å². The van der Waals surface area contributed by atoms with Gasteiger partial charge >= 0.3 is 6.09 Å². The van der Waals surface area contributed by atoms with E-state index in [1.54, 1.807) is 44.5 Å². The van der Waals surface area contributed by atoms with Crippen molar-refractivity contribution in [2.45, 2.75) is 58.5 Å². The van der Waals surface area contributed by atoms with E-state index in [9.17, 15) is 14.4 Å². The molecule has 168 valence electrons. The monoisotopic (exact) mass is 448 g/mol. The molecule has 1 aromatic carbocycles. The van der Waals surface area contributed by atoms with Crippen LogP contribution in [0.2, 0.25) is 0 Å². The molecule has 0 atom stereocenters. The molecule has 0 aliphatic heterocycles. The fourth-order valence-corrected chi connectivity index (χ4v) is 3.36. The van der Waals surface area contributed by atoms with Crippen LogP contribution >= 0.6 is 11.3 Å². The standard InChI is InChI=1S/C21H28N4O5S/c1-21(2,3)30-20(28)22-15-9-7-8-14(12-15)16-13-31-19(23-16)24-17(26)10-5-4-6-11-18(27)25-29/h7-9,12-13,29H,4-6,10-11H2,1-3H3,(H,22,28)(H,25,27)(H,23,24,26). The predicted octanol–water partition coefficient (Wildman–Crippen LogP) is 4.55. The second kappa shape index (κ2) is 11.4. The van der Waals surface area contributed by atoms with E-state index in [-0.39, 0.29) is 12.3 Å². The summed E-state index contributed by atoms with van der Waals surface area (Å²) in [6.45, 7) is 5.39. The minimum absolute atomic E-state index is 0.146. The van der Waals surface area contributed by atoms with Crippen LogP contribution in [-0.2, 0) is 14.3 Å². The van der Waals surface area contributed by atoms with Crippen LogP contribution < -0.4 is 16.1 Å². The highest BCUT2D eigenvalue weighted by molar-refractivity contribution is 7.14. The zero-order chi connectivity index (χ0) is 22.9. The Morgan fingerprint density at radius 2 is 1.77 bits per heavy atom. The Morgan fingerprint density at radius 3 is 2.45 bits per heavy atom. The van der Waals surface area contributed by atoms with E-state index in [0.717, 1.165) is 5.56 Å². The second-order valence-corrected chi connectivity index (χ2v) is 8.75. The molecule has 2 aromatic rings. The summed E-state index contributed by atoms with van der Waals surface area (Å²) in [5.74, 6) is -0.571. The topological polar surface area (TPSA) is 130 Å². The summed E-state index contributed by atoms with van der Waals surface area (Å²) < 4.78 is 5.26. The smallest absolute Gasteiger partial charge is 0.412 e. The SMILES string of the molecule is CC(C)(C)OC(=O)Nc1cccc(-c2csc(NC(=O)CCCCCC(=O)NO)n2)c1. The summed E-state index contributed by atoms with van der Waals surface area (Å²) >= 11 is 1.32. The summed E-state index contributed by atoms with van der Waals surface area (Å²) in [7, 11) is 0. The van der Waals surface area contributed by atoms with Gasteiger partial charge in [-0.1, -0.05) is 18.6 Å². The third-order valence-corrected chi connectivity index (χ3v) is 4.74. The van der Waals surface area contributed by atoms with Crippen LogP contribution in [0.4, 0.5) is 15.6 Å². The van der Waals surface area contributed by atoms with Gasteiger partial charge in [-0.25, -0.2) is 15.3 Å². The number of carbonyl (C=O) groups excluding carboxylic acids is 3. The van der Waals surface area contributed by atoms with Gasteiger partial charge < -0.3 is 10.1 Å². The van der Waals surface area contributed by atoms with E-state index >= 15 is 0 Å². The average molecular weight is 449 g/mol. The molecule has 10 heteroatoms. The first-order chi connectivity index (χ1) is 14.7.